The summed E-state index contributed by atoms with van der Waals surface area (Å²) in [6, 6.07) is 3.19. The van der Waals surface area contributed by atoms with Crippen LogP contribution in [-0.2, 0) is 13.0 Å². The van der Waals surface area contributed by atoms with Crippen molar-refractivity contribution in [2.45, 2.75) is 19.9 Å². The highest BCUT2D eigenvalue weighted by Gasteiger charge is 2.06. The van der Waals surface area contributed by atoms with E-state index in [1.165, 1.54) is 10.6 Å². The van der Waals surface area contributed by atoms with Crippen LogP contribution < -0.4 is 5.56 Å². The van der Waals surface area contributed by atoms with Gasteiger partial charge in [0.1, 0.15) is 0 Å². The molecule has 0 fully saturated rings. The second-order valence-corrected chi connectivity index (χ2v) is 4.19. The van der Waals surface area contributed by atoms with Gasteiger partial charge in [0.25, 0.3) is 5.56 Å². The maximum absolute atomic E-state index is 11.5. The number of nitrogens with zero attached hydrogens (tertiary/aromatic N) is 3. The third kappa shape index (κ3) is 2.38. The minimum atomic E-state index is -0.0916. The van der Waals surface area contributed by atoms with Crippen LogP contribution in [0.15, 0.2) is 32.1 Å². The summed E-state index contributed by atoms with van der Waals surface area (Å²) in [6.07, 6.45) is 2.39. The van der Waals surface area contributed by atoms with Crippen LogP contribution in [0.1, 0.15) is 18.6 Å². The van der Waals surface area contributed by atoms with Crippen LogP contribution in [0.4, 0.5) is 0 Å². The van der Waals surface area contributed by atoms with Crippen LogP contribution in [-0.4, -0.2) is 14.7 Å². The fraction of sp³-hybridized carbons (Fsp3) is 0.300. The molecule has 2 aromatic heterocycles. The molecule has 2 aromatic rings. The van der Waals surface area contributed by atoms with E-state index in [4.69, 9.17) is 4.52 Å². The average molecular weight is 284 g/mol. The highest BCUT2D eigenvalue weighted by molar-refractivity contribution is 9.10. The fourth-order valence-corrected chi connectivity index (χ4v) is 1.66. The Morgan fingerprint density at radius 1 is 1.50 bits per heavy atom. The number of aryl methyl sites for hydroxylation is 1. The molecule has 0 aliphatic rings. The molecule has 0 saturated heterocycles. The van der Waals surface area contributed by atoms with Crippen molar-refractivity contribution in [3.8, 4) is 0 Å². The van der Waals surface area contributed by atoms with Crippen molar-refractivity contribution in [3.05, 3.63) is 44.9 Å². The maximum Gasteiger partial charge on any atom is 0.251 e. The number of halogens is 1. The lowest BCUT2D eigenvalue weighted by Gasteiger charge is -2.01. The smallest absolute Gasteiger partial charge is 0.251 e. The fourth-order valence-electron chi connectivity index (χ4n) is 1.28. The van der Waals surface area contributed by atoms with E-state index in [0.29, 0.717) is 24.7 Å². The highest BCUT2D eigenvalue weighted by atomic mass is 79.9. The first-order chi connectivity index (χ1) is 7.69. The molecule has 0 saturated carbocycles. The molecule has 0 radical (unpaired) electrons. The summed E-state index contributed by atoms with van der Waals surface area (Å²) in [5.74, 6) is 1.09. The van der Waals surface area contributed by atoms with Crippen molar-refractivity contribution < 1.29 is 4.52 Å². The number of hydrogen-bond donors (Lipinski definition) is 0. The minimum absolute atomic E-state index is 0.0916. The Balaban J connectivity index is 2.26. The number of pyridine rings is 1. The zero-order chi connectivity index (χ0) is 11.5. The molecule has 84 valence electrons. The molecule has 0 N–H and O–H groups in total. The predicted octanol–water partition coefficient (Wildman–Crippen LogP) is 1.60. The SMILES string of the molecule is CCc1nc(Cn2cc(Br)ccc2=O)no1. The van der Waals surface area contributed by atoms with Gasteiger partial charge in [0.05, 0.1) is 6.54 Å². The summed E-state index contributed by atoms with van der Waals surface area (Å²) in [6.45, 7) is 2.25. The van der Waals surface area contributed by atoms with Gasteiger partial charge in [-0.05, 0) is 22.0 Å². The first kappa shape index (κ1) is 11.1. The topological polar surface area (TPSA) is 60.9 Å². The second-order valence-electron chi connectivity index (χ2n) is 3.27. The molecule has 6 heteroatoms. The summed E-state index contributed by atoms with van der Waals surface area (Å²) in [7, 11) is 0. The van der Waals surface area contributed by atoms with Gasteiger partial charge in [0.2, 0.25) is 5.89 Å². The Hall–Kier alpha value is -1.43. The third-order valence-corrected chi connectivity index (χ3v) is 2.54. The van der Waals surface area contributed by atoms with Crippen LogP contribution in [0.5, 0.6) is 0 Å². The largest absolute Gasteiger partial charge is 0.339 e. The van der Waals surface area contributed by atoms with Gasteiger partial charge in [-0.15, -0.1) is 0 Å². The van der Waals surface area contributed by atoms with E-state index in [-0.39, 0.29) is 5.56 Å². The van der Waals surface area contributed by atoms with Crippen molar-refractivity contribution in [2.24, 2.45) is 0 Å². The summed E-state index contributed by atoms with van der Waals surface area (Å²) in [4.78, 5) is 15.7. The molecule has 0 atom stereocenters. The first-order valence-electron chi connectivity index (χ1n) is 4.86. The molecule has 16 heavy (non-hydrogen) atoms. The lowest BCUT2D eigenvalue weighted by atomic mass is 10.4. The third-order valence-electron chi connectivity index (χ3n) is 2.07. The van der Waals surface area contributed by atoms with E-state index in [0.717, 1.165) is 4.47 Å². The molecular weight excluding hydrogens is 274 g/mol. The quantitative estimate of drug-likeness (QED) is 0.859. The van der Waals surface area contributed by atoms with Crippen molar-refractivity contribution in [1.82, 2.24) is 14.7 Å². The van der Waals surface area contributed by atoms with Crippen LogP contribution in [0.3, 0.4) is 0 Å². The van der Waals surface area contributed by atoms with E-state index < -0.39 is 0 Å². The number of aromatic nitrogens is 3. The molecule has 0 aliphatic carbocycles. The lowest BCUT2D eigenvalue weighted by Crippen LogP contribution is -2.19. The number of rotatable bonds is 3. The zero-order valence-electron chi connectivity index (χ0n) is 8.68. The van der Waals surface area contributed by atoms with Gasteiger partial charge in [-0.1, -0.05) is 12.1 Å². The van der Waals surface area contributed by atoms with Crippen LogP contribution in [0, 0.1) is 0 Å². The average Bonchev–Trinajstić information content (AvgIpc) is 2.71. The summed E-state index contributed by atoms with van der Waals surface area (Å²) in [5, 5.41) is 3.79. The monoisotopic (exact) mass is 283 g/mol. The molecule has 0 amide bonds. The Labute approximate surface area is 100 Å². The second kappa shape index (κ2) is 4.61. The van der Waals surface area contributed by atoms with Crippen molar-refractivity contribution >= 4 is 15.9 Å². The van der Waals surface area contributed by atoms with E-state index in [2.05, 4.69) is 26.1 Å². The van der Waals surface area contributed by atoms with E-state index in [1.807, 2.05) is 6.92 Å². The number of hydrogen-bond acceptors (Lipinski definition) is 4. The normalized spacial score (nSPS) is 10.6. The van der Waals surface area contributed by atoms with Gasteiger partial charge >= 0.3 is 0 Å². The van der Waals surface area contributed by atoms with Crippen molar-refractivity contribution in [1.29, 1.82) is 0 Å². The van der Waals surface area contributed by atoms with E-state index in [1.54, 1.807) is 12.3 Å². The standard InChI is InChI=1S/C10H10BrN3O2/c1-2-9-12-8(13-16-9)6-14-5-7(11)3-4-10(14)15/h3-5H,2,6H2,1H3. The van der Waals surface area contributed by atoms with Gasteiger partial charge in [-0.3, -0.25) is 4.79 Å². The molecule has 0 spiro atoms. The first-order valence-corrected chi connectivity index (χ1v) is 5.66. The Morgan fingerprint density at radius 3 is 3.00 bits per heavy atom. The maximum atomic E-state index is 11.5. The Kier molecular flexibility index (Phi) is 3.19. The van der Waals surface area contributed by atoms with Gasteiger partial charge in [-0.25, -0.2) is 0 Å². The molecule has 5 nitrogen and oxygen atoms in total. The Bertz CT molecular complexity index is 547. The molecule has 2 heterocycles. The molecule has 0 unspecified atom stereocenters. The zero-order valence-corrected chi connectivity index (χ0v) is 10.3. The summed E-state index contributed by atoms with van der Waals surface area (Å²) >= 11 is 3.30. The van der Waals surface area contributed by atoms with Gasteiger partial charge in [-0.2, -0.15) is 4.98 Å². The highest BCUT2D eigenvalue weighted by Crippen LogP contribution is 2.06. The van der Waals surface area contributed by atoms with Gasteiger partial charge in [0.15, 0.2) is 5.82 Å². The van der Waals surface area contributed by atoms with Crippen molar-refractivity contribution in [2.75, 3.05) is 0 Å². The molecule has 2 rings (SSSR count). The lowest BCUT2D eigenvalue weighted by molar-refractivity contribution is 0.375. The molecule has 0 aromatic carbocycles. The Morgan fingerprint density at radius 2 is 2.31 bits per heavy atom. The van der Waals surface area contributed by atoms with E-state index in [9.17, 15) is 4.79 Å². The predicted molar refractivity (Wildman–Crippen MR) is 61.2 cm³/mol. The molecule has 0 bridgehead atoms. The summed E-state index contributed by atoms with van der Waals surface area (Å²) < 4.78 is 7.33. The van der Waals surface area contributed by atoms with Crippen molar-refractivity contribution in [3.63, 3.8) is 0 Å². The van der Waals surface area contributed by atoms with E-state index >= 15 is 0 Å². The van der Waals surface area contributed by atoms with Crippen LogP contribution in [0.25, 0.3) is 0 Å². The van der Waals surface area contributed by atoms with Crippen LogP contribution >= 0.6 is 15.9 Å². The van der Waals surface area contributed by atoms with Crippen LogP contribution in [0.2, 0.25) is 0 Å². The van der Waals surface area contributed by atoms with Gasteiger partial charge < -0.3 is 9.09 Å². The van der Waals surface area contributed by atoms with Gasteiger partial charge in [0, 0.05) is 23.2 Å². The molecular formula is C10H10BrN3O2. The summed E-state index contributed by atoms with van der Waals surface area (Å²) in [5.41, 5.74) is -0.0916. The molecule has 0 aliphatic heterocycles. The minimum Gasteiger partial charge on any atom is -0.339 e.